The number of nitrogens with one attached hydrogen (secondary N) is 1. The molecule has 0 unspecified atom stereocenters. The van der Waals surface area contributed by atoms with E-state index >= 15 is 0 Å². The highest BCUT2D eigenvalue weighted by molar-refractivity contribution is 5.92. The molecule has 0 aliphatic heterocycles. The van der Waals surface area contributed by atoms with Gasteiger partial charge < -0.3 is 4.90 Å². The van der Waals surface area contributed by atoms with Gasteiger partial charge >= 0.3 is 0 Å². The van der Waals surface area contributed by atoms with Crippen LogP contribution in [-0.2, 0) is 6.54 Å². The highest BCUT2D eigenvalue weighted by Crippen LogP contribution is 2.39. The molecule has 0 atom stereocenters. The summed E-state index contributed by atoms with van der Waals surface area (Å²) < 4.78 is 0. The van der Waals surface area contributed by atoms with Gasteiger partial charge in [-0.2, -0.15) is 5.10 Å². The second-order valence-corrected chi connectivity index (χ2v) is 5.70. The molecule has 4 heteroatoms. The van der Waals surface area contributed by atoms with Crippen molar-refractivity contribution >= 4 is 5.91 Å². The molecule has 1 amide bonds. The predicted octanol–water partition coefficient (Wildman–Crippen LogP) is 3.34. The van der Waals surface area contributed by atoms with Crippen molar-refractivity contribution in [3.05, 3.63) is 53.3 Å². The molecule has 1 aromatic heterocycles. The molecular formula is C17H21N3O. The Kier molecular flexibility index (Phi) is 4.04. The molecule has 1 fully saturated rings. The zero-order chi connectivity index (χ0) is 14.7. The molecule has 4 nitrogen and oxygen atoms in total. The van der Waals surface area contributed by atoms with Gasteiger partial charge in [-0.25, -0.2) is 0 Å². The third-order valence-corrected chi connectivity index (χ3v) is 3.83. The second-order valence-electron chi connectivity index (χ2n) is 5.70. The third-order valence-electron chi connectivity index (χ3n) is 3.83. The molecule has 1 saturated carbocycles. The first kappa shape index (κ1) is 13.9. The van der Waals surface area contributed by atoms with Crippen molar-refractivity contribution in [1.29, 1.82) is 0 Å². The minimum atomic E-state index is 0.0175. The molecule has 0 bridgehead atoms. The van der Waals surface area contributed by atoms with E-state index in [9.17, 15) is 4.79 Å². The molecule has 110 valence electrons. The fourth-order valence-corrected chi connectivity index (χ4v) is 2.54. The van der Waals surface area contributed by atoms with Crippen LogP contribution < -0.4 is 0 Å². The van der Waals surface area contributed by atoms with Crippen LogP contribution in [0.15, 0.2) is 36.4 Å². The van der Waals surface area contributed by atoms with Crippen molar-refractivity contribution in [1.82, 2.24) is 15.1 Å². The Bertz CT molecular complexity index is 602. The number of benzene rings is 1. The Morgan fingerprint density at radius 1 is 1.33 bits per heavy atom. The molecule has 0 spiro atoms. The summed E-state index contributed by atoms with van der Waals surface area (Å²) in [6.45, 7) is 3.48. The number of aromatic amines is 1. The van der Waals surface area contributed by atoms with Gasteiger partial charge in [-0.15, -0.1) is 0 Å². The van der Waals surface area contributed by atoms with E-state index in [1.807, 2.05) is 29.2 Å². The zero-order valence-corrected chi connectivity index (χ0v) is 12.4. The maximum Gasteiger partial charge on any atom is 0.274 e. The fraction of sp³-hybridized carbons (Fsp3) is 0.412. The molecule has 1 N–H and O–H groups in total. The summed E-state index contributed by atoms with van der Waals surface area (Å²) >= 11 is 0. The number of hydrogen-bond donors (Lipinski definition) is 1. The quantitative estimate of drug-likeness (QED) is 0.884. The molecule has 1 heterocycles. The van der Waals surface area contributed by atoms with Gasteiger partial charge in [0.15, 0.2) is 0 Å². The molecule has 3 rings (SSSR count). The minimum absolute atomic E-state index is 0.0175. The summed E-state index contributed by atoms with van der Waals surface area (Å²) in [5.74, 6) is 0.608. The van der Waals surface area contributed by atoms with Gasteiger partial charge in [0.1, 0.15) is 5.69 Å². The van der Waals surface area contributed by atoms with Gasteiger partial charge in [0, 0.05) is 24.7 Å². The lowest BCUT2D eigenvalue weighted by atomic mass is 10.2. The molecule has 2 aromatic rings. The lowest BCUT2D eigenvalue weighted by Gasteiger charge is -2.21. The van der Waals surface area contributed by atoms with Crippen molar-refractivity contribution in [2.24, 2.45) is 0 Å². The van der Waals surface area contributed by atoms with Crippen LogP contribution >= 0.6 is 0 Å². The number of H-pyrrole nitrogens is 1. The van der Waals surface area contributed by atoms with Crippen LogP contribution in [0, 0.1) is 0 Å². The number of rotatable bonds is 6. The molecule has 0 radical (unpaired) electrons. The van der Waals surface area contributed by atoms with Crippen LogP contribution in [0.5, 0.6) is 0 Å². The lowest BCUT2D eigenvalue weighted by Crippen LogP contribution is -2.31. The molecule has 1 aromatic carbocycles. The van der Waals surface area contributed by atoms with Crippen LogP contribution in [0.3, 0.4) is 0 Å². The van der Waals surface area contributed by atoms with E-state index in [0.29, 0.717) is 18.2 Å². The molecule has 1 aliphatic carbocycles. The number of carbonyl (C=O) groups is 1. The van der Waals surface area contributed by atoms with Crippen molar-refractivity contribution in [2.45, 2.75) is 38.6 Å². The van der Waals surface area contributed by atoms with E-state index in [2.05, 4.69) is 29.3 Å². The van der Waals surface area contributed by atoms with Gasteiger partial charge in [-0.05, 0) is 30.9 Å². The molecular weight excluding hydrogens is 262 g/mol. The van der Waals surface area contributed by atoms with Gasteiger partial charge in [-0.3, -0.25) is 9.89 Å². The van der Waals surface area contributed by atoms with Crippen molar-refractivity contribution in [2.75, 3.05) is 6.54 Å². The summed E-state index contributed by atoms with van der Waals surface area (Å²) in [7, 11) is 0. The van der Waals surface area contributed by atoms with E-state index in [1.54, 1.807) is 0 Å². The smallest absolute Gasteiger partial charge is 0.274 e. The monoisotopic (exact) mass is 283 g/mol. The second kappa shape index (κ2) is 6.12. The summed E-state index contributed by atoms with van der Waals surface area (Å²) in [6, 6.07) is 12.0. The van der Waals surface area contributed by atoms with Gasteiger partial charge in [0.25, 0.3) is 5.91 Å². The Morgan fingerprint density at radius 3 is 2.76 bits per heavy atom. The topological polar surface area (TPSA) is 49.0 Å². The maximum atomic E-state index is 12.6. The third kappa shape index (κ3) is 3.32. The average Bonchev–Trinajstić information content (AvgIpc) is 3.25. The predicted molar refractivity (Wildman–Crippen MR) is 82.0 cm³/mol. The van der Waals surface area contributed by atoms with E-state index < -0.39 is 0 Å². The van der Waals surface area contributed by atoms with Crippen LogP contribution in [0.1, 0.15) is 53.8 Å². The van der Waals surface area contributed by atoms with E-state index in [4.69, 9.17) is 0 Å². The van der Waals surface area contributed by atoms with Crippen LogP contribution in [-0.4, -0.2) is 27.5 Å². The largest absolute Gasteiger partial charge is 0.333 e. The number of nitrogens with zero attached hydrogens (tertiary/aromatic N) is 2. The fourth-order valence-electron chi connectivity index (χ4n) is 2.54. The van der Waals surface area contributed by atoms with Crippen molar-refractivity contribution < 1.29 is 4.79 Å². The molecule has 1 aliphatic rings. The van der Waals surface area contributed by atoms with E-state index in [1.165, 1.54) is 12.8 Å². The van der Waals surface area contributed by atoms with Crippen molar-refractivity contribution in [3.8, 4) is 0 Å². The summed E-state index contributed by atoms with van der Waals surface area (Å²) in [5.41, 5.74) is 2.80. The summed E-state index contributed by atoms with van der Waals surface area (Å²) in [5, 5.41) is 7.22. The number of carbonyl (C=O) groups excluding carboxylic acids is 1. The van der Waals surface area contributed by atoms with Gasteiger partial charge in [0.05, 0.1) is 0 Å². The van der Waals surface area contributed by atoms with Crippen LogP contribution in [0.25, 0.3) is 0 Å². The number of amides is 1. The summed E-state index contributed by atoms with van der Waals surface area (Å²) in [6.07, 6.45) is 3.36. The Morgan fingerprint density at radius 2 is 2.10 bits per heavy atom. The first-order valence-electron chi connectivity index (χ1n) is 7.66. The van der Waals surface area contributed by atoms with Crippen molar-refractivity contribution in [3.63, 3.8) is 0 Å². The lowest BCUT2D eigenvalue weighted by molar-refractivity contribution is 0.0737. The molecule has 21 heavy (non-hydrogen) atoms. The SMILES string of the molecule is CCCN(Cc1ccccc1)C(=O)c1cc(C2CC2)[nH]n1. The van der Waals surface area contributed by atoms with Gasteiger partial charge in [-0.1, -0.05) is 37.3 Å². The van der Waals surface area contributed by atoms with Gasteiger partial charge in [0.2, 0.25) is 0 Å². The van der Waals surface area contributed by atoms with Crippen LogP contribution in [0.2, 0.25) is 0 Å². The summed E-state index contributed by atoms with van der Waals surface area (Å²) in [4.78, 5) is 14.5. The average molecular weight is 283 g/mol. The highest BCUT2D eigenvalue weighted by atomic mass is 16.2. The zero-order valence-electron chi connectivity index (χ0n) is 12.4. The highest BCUT2D eigenvalue weighted by Gasteiger charge is 2.27. The first-order valence-corrected chi connectivity index (χ1v) is 7.66. The Balaban J connectivity index is 1.73. The maximum absolute atomic E-state index is 12.6. The number of hydrogen-bond acceptors (Lipinski definition) is 2. The Hall–Kier alpha value is -2.10. The molecule has 0 saturated heterocycles. The van der Waals surface area contributed by atoms with E-state index in [0.717, 1.165) is 24.2 Å². The first-order chi connectivity index (χ1) is 10.3. The van der Waals surface area contributed by atoms with Crippen LogP contribution in [0.4, 0.5) is 0 Å². The number of aromatic nitrogens is 2. The normalized spacial score (nSPS) is 14.1. The van der Waals surface area contributed by atoms with E-state index in [-0.39, 0.29) is 5.91 Å². The standard InChI is InChI=1S/C17H21N3O/c1-2-10-20(12-13-6-4-3-5-7-13)17(21)16-11-15(18-19-16)14-8-9-14/h3-7,11,14H,2,8-10,12H2,1H3,(H,18,19). The Labute approximate surface area is 125 Å². The minimum Gasteiger partial charge on any atom is -0.333 e.